The molecular formula is C32H21BrN4. The van der Waals surface area contributed by atoms with Crippen molar-refractivity contribution >= 4 is 15.9 Å². The molecule has 6 aromatic rings. The Hall–Kier alpha value is -4.48. The summed E-state index contributed by atoms with van der Waals surface area (Å²) < 4.78 is 0.979. The standard InChI is InChI=1S/C32H21BrN4/c33-29-18-27(26-7-4-14-35-21-26)17-28(19-29)31-20-30(36-32(37-31)25-5-2-1-3-6-25)24-10-8-22(9-11-24)23-12-15-34-16-13-23/h1-21H. The highest BCUT2D eigenvalue weighted by atomic mass is 79.9. The molecule has 6 rings (SSSR count). The van der Waals surface area contributed by atoms with Gasteiger partial charge < -0.3 is 0 Å². The van der Waals surface area contributed by atoms with Gasteiger partial charge in [0, 0.05) is 51.5 Å². The van der Waals surface area contributed by atoms with E-state index in [0.717, 1.165) is 54.8 Å². The van der Waals surface area contributed by atoms with Gasteiger partial charge in [0.05, 0.1) is 11.4 Å². The number of benzene rings is 3. The third-order valence-corrected chi connectivity index (χ3v) is 6.60. The maximum absolute atomic E-state index is 4.99. The molecular weight excluding hydrogens is 520 g/mol. The van der Waals surface area contributed by atoms with Gasteiger partial charge in [-0.05, 0) is 59.2 Å². The first-order valence-electron chi connectivity index (χ1n) is 11.9. The van der Waals surface area contributed by atoms with E-state index in [-0.39, 0.29) is 0 Å². The van der Waals surface area contributed by atoms with Crippen LogP contribution in [0.1, 0.15) is 0 Å². The predicted octanol–water partition coefficient (Wildman–Crippen LogP) is 8.36. The van der Waals surface area contributed by atoms with Crippen LogP contribution in [0.4, 0.5) is 0 Å². The third-order valence-electron chi connectivity index (χ3n) is 6.14. The van der Waals surface area contributed by atoms with E-state index in [1.165, 1.54) is 0 Å². The van der Waals surface area contributed by atoms with Gasteiger partial charge in [-0.15, -0.1) is 0 Å². The summed E-state index contributed by atoms with van der Waals surface area (Å²) in [6, 6.07) is 35.0. The Labute approximate surface area is 223 Å². The highest BCUT2D eigenvalue weighted by molar-refractivity contribution is 9.10. The largest absolute Gasteiger partial charge is 0.265 e. The van der Waals surface area contributed by atoms with Gasteiger partial charge in [0.1, 0.15) is 0 Å². The van der Waals surface area contributed by atoms with Gasteiger partial charge in [-0.2, -0.15) is 0 Å². The Bertz CT molecular complexity index is 1650. The number of nitrogens with zero attached hydrogens (tertiary/aromatic N) is 4. The van der Waals surface area contributed by atoms with Crippen LogP contribution >= 0.6 is 15.9 Å². The zero-order valence-electron chi connectivity index (χ0n) is 19.8. The summed E-state index contributed by atoms with van der Waals surface area (Å²) in [4.78, 5) is 18.4. The highest BCUT2D eigenvalue weighted by Crippen LogP contribution is 2.33. The minimum absolute atomic E-state index is 0.689. The fraction of sp³-hybridized carbons (Fsp3) is 0. The van der Waals surface area contributed by atoms with Crippen molar-refractivity contribution in [2.24, 2.45) is 0 Å². The minimum Gasteiger partial charge on any atom is -0.265 e. The molecule has 0 N–H and O–H groups in total. The molecule has 0 unspecified atom stereocenters. The van der Waals surface area contributed by atoms with Crippen LogP contribution < -0.4 is 0 Å². The van der Waals surface area contributed by atoms with Crippen molar-refractivity contribution in [1.82, 2.24) is 19.9 Å². The van der Waals surface area contributed by atoms with Gasteiger partial charge in [0.25, 0.3) is 0 Å². The minimum atomic E-state index is 0.689. The lowest BCUT2D eigenvalue weighted by molar-refractivity contribution is 1.18. The van der Waals surface area contributed by atoms with Gasteiger partial charge in [0.2, 0.25) is 0 Å². The monoisotopic (exact) mass is 540 g/mol. The summed E-state index contributed by atoms with van der Waals surface area (Å²) in [5.74, 6) is 0.689. The SMILES string of the molecule is Brc1cc(-c2cccnc2)cc(-c2cc(-c3ccc(-c4ccncc4)cc3)nc(-c3ccccc3)n2)c1. The van der Waals surface area contributed by atoms with E-state index in [9.17, 15) is 0 Å². The molecule has 3 aromatic carbocycles. The molecule has 0 saturated carbocycles. The fourth-order valence-corrected chi connectivity index (χ4v) is 4.77. The maximum Gasteiger partial charge on any atom is 0.160 e. The summed E-state index contributed by atoms with van der Waals surface area (Å²) in [6.07, 6.45) is 7.27. The first-order chi connectivity index (χ1) is 18.2. The summed E-state index contributed by atoms with van der Waals surface area (Å²) in [5, 5.41) is 0. The lowest BCUT2D eigenvalue weighted by Gasteiger charge is -2.12. The van der Waals surface area contributed by atoms with Crippen LogP contribution in [0.2, 0.25) is 0 Å². The van der Waals surface area contributed by atoms with E-state index < -0.39 is 0 Å². The Morgan fingerprint density at radius 2 is 1.08 bits per heavy atom. The van der Waals surface area contributed by atoms with Crippen LogP contribution in [0.15, 0.2) is 132 Å². The Balaban J connectivity index is 1.47. The van der Waals surface area contributed by atoms with Crippen molar-refractivity contribution in [3.8, 4) is 56.2 Å². The van der Waals surface area contributed by atoms with Gasteiger partial charge >= 0.3 is 0 Å². The third kappa shape index (κ3) is 5.08. The average molecular weight is 541 g/mol. The first kappa shape index (κ1) is 23.0. The highest BCUT2D eigenvalue weighted by Gasteiger charge is 2.13. The summed E-state index contributed by atoms with van der Waals surface area (Å²) in [7, 11) is 0. The number of hydrogen-bond acceptors (Lipinski definition) is 4. The van der Waals surface area contributed by atoms with E-state index in [2.05, 4.69) is 80.5 Å². The quantitative estimate of drug-likeness (QED) is 0.220. The molecule has 0 fully saturated rings. The van der Waals surface area contributed by atoms with Crippen LogP contribution in [0.25, 0.3) is 56.2 Å². The topological polar surface area (TPSA) is 51.6 Å². The summed E-state index contributed by atoms with van der Waals surface area (Å²) >= 11 is 3.70. The van der Waals surface area contributed by atoms with Gasteiger partial charge in [-0.25, -0.2) is 9.97 Å². The molecule has 0 atom stereocenters. The zero-order chi connectivity index (χ0) is 25.0. The molecule has 0 aliphatic carbocycles. The van der Waals surface area contributed by atoms with E-state index in [0.29, 0.717) is 5.82 Å². The van der Waals surface area contributed by atoms with Gasteiger partial charge in [-0.3, -0.25) is 9.97 Å². The molecule has 4 nitrogen and oxygen atoms in total. The molecule has 0 bridgehead atoms. The predicted molar refractivity (Wildman–Crippen MR) is 153 cm³/mol. The van der Waals surface area contributed by atoms with E-state index >= 15 is 0 Å². The molecule has 3 heterocycles. The molecule has 176 valence electrons. The fourth-order valence-electron chi connectivity index (χ4n) is 4.27. The molecule has 3 aromatic heterocycles. The van der Waals surface area contributed by atoms with Crippen molar-refractivity contribution < 1.29 is 0 Å². The number of halogens is 1. The average Bonchev–Trinajstić information content (AvgIpc) is 2.98. The molecule has 0 aliphatic heterocycles. The Morgan fingerprint density at radius 1 is 0.432 bits per heavy atom. The van der Waals surface area contributed by atoms with E-state index in [4.69, 9.17) is 9.97 Å². The smallest absolute Gasteiger partial charge is 0.160 e. The molecule has 0 aliphatic rings. The summed E-state index contributed by atoms with van der Waals surface area (Å²) in [6.45, 7) is 0. The Morgan fingerprint density at radius 3 is 1.81 bits per heavy atom. The van der Waals surface area contributed by atoms with E-state index in [1.54, 1.807) is 6.20 Å². The van der Waals surface area contributed by atoms with Crippen LogP contribution in [-0.4, -0.2) is 19.9 Å². The van der Waals surface area contributed by atoms with Crippen molar-refractivity contribution in [3.05, 3.63) is 132 Å². The second kappa shape index (κ2) is 10.2. The van der Waals surface area contributed by atoms with Crippen LogP contribution in [0, 0.1) is 0 Å². The van der Waals surface area contributed by atoms with Crippen LogP contribution in [0.3, 0.4) is 0 Å². The molecule has 0 radical (unpaired) electrons. The molecule has 0 spiro atoms. The van der Waals surface area contributed by atoms with Crippen molar-refractivity contribution in [2.45, 2.75) is 0 Å². The van der Waals surface area contributed by atoms with Gasteiger partial charge in [0.15, 0.2) is 5.82 Å². The Kier molecular flexibility index (Phi) is 6.36. The number of hydrogen-bond donors (Lipinski definition) is 0. The first-order valence-corrected chi connectivity index (χ1v) is 12.7. The molecule has 0 amide bonds. The second-order valence-electron chi connectivity index (χ2n) is 8.61. The van der Waals surface area contributed by atoms with Crippen molar-refractivity contribution in [2.75, 3.05) is 0 Å². The van der Waals surface area contributed by atoms with Crippen LogP contribution in [-0.2, 0) is 0 Å². The van der Waals surface area contributed by atoms with Crippen molar-refractivity contribution in [3.63, 3.8) is 0 Å². The number of pyridine rings is 2. The molecule has 37 heavy (non-hydrogen) atoms. The summed E-state index contributed by atoms with van der Waals surface area (Å²) in [5.41, 5.74) is 9.12. The second-order valence-corrected chi connectivity index (χ2v) is 9.53. The lowest BCUT2D eigenvalue weighted by atomic mass is 10.0. The van der Waals surface area contributed by atoms with Crippen molar-refractivity contribution in [1.29, 1.82) is 0 Å². The normalized spacial score (nSPS) is 10.8. The van der Waals surface area contributed by atoms with Crippen LogP contribution in [0.5, 0.6) is 0 Å². The zero-order valence-corrected chi connectivity index (χ0v) is 21.4. The number of aromatic nitrogens is 4. The number of rotatable bonds is 5. The lowest BCUT2D eigenvalue weighted by Crippen LogP contribution is -1.96. The van der Waals surface area contributed by atoms with E-state index in [1.807, 2.05) is 67.1 Å². The maximum atomic E-state index is 4.99. The molecule has 0 saturated heterocycles. The van der Waals surface area contributed by atoms with Gasteiger partial charge in [-0.1, -0.05) is 76.6 Å². The molecule has 5 heteroatoms.